The summed E-state index contributed by atoms with van der Waals surface area (Å²) in [6.45, 7) is 0. The third-order valence-corrected chi connectivity index (χ3v) is 12.5. The molecule has 0 N–H and O–H groups in total. The van der Waals surface area contributed by atoms with Crippen LogP contribution in [0.2, 0.25) is 0 Å². The topological polar surface area (TPSA) is 43.6 Å². The summed E-state index contributed by atoms with van der Waals surface area (Å²) < 4.78 is 2.37. The summed E-state index contributed by atoms with van der Waals surface area (Å²) in [4.78, 5) is 15.7. The largest absolute Gasteiger partial charge is 0.307 e. The van der Waals surface area contributed by atoms with Gasteiger partial charge in [0.05, 0.1) is 33.6 Å². The van der Waals surface area contributed by atoms with Crippen LogP contribution in [0.25, 0.3) is 117 Å². The first kappa shape index (κ1) is 38.0. The van der Waals surface area contributed by atoms with Crippen LogP contribution in [0, 0.1) is 0 Å². The van der Waals surface area contributed by atoms with Crippen molar-refractivity contribution in [2.75, 3.05) is 0 Å². The van der Waals surface area contributed by atoms with Gasteiger partial charge in [0.1, 0.15) is 0 Å². The second-order valence-electron chi connectivity index (χ2n) is 16.4. The summed E-state index contributed by atoms with van der Waals surface area (Å²) in [6, 6.07) is 85.6. The van der Waals surface area contributed by atoms with Gasteiger partial charge in [0.15, 0.2) is 5.82 Å². The number of pyridine rings is 1. The first-order chi connectivity index (χ1) is 32.2. The van der Waals surface area contributed by atoms with E-state index in [-0.39, 0.29) is 0 Å². The molecule has 3 heterocycles. The highest BCUT2D eigenvalue weighted by Gasteiger charge is 2.21. The lowest BCUT2D eigenvalue weighted by Gasteiger charge is -2.13. The van der Waals surface area contributed by atoms with Crippen LogP contribution in [0.1, 0.15) is 0 Å². The Morgan fingerprint density at radius 2 is 0.692 bits per heavy atom. The van der Waals surface area contributed by atoms with Crippen molar-refractivity contribution < 1.29 is 0 Å². The van der Waals surface area contributed by atoms with Gasteiger partial charge in [-0.25, -0.2) is 15.0 Å². The second-order valence-corrected chi connectivity index (χ2v) is 16.4. The Kier molecular flexibility index (Phi) is 9.46. The highest BCUT2D eigenvalue weighted by Crippen LogP contribution is 2.41. The Labute approximate surface area is 377 Å². The van der Waals surface area contributed by atoms with Crippen LogP contribution in [0.4, 0.5) is 0 Å². The molecule has 0 aliphatic rings. The molecule has 12 aromatic rings. The van der Waals surface area contributed by atoms with Gasteiger partial charge in [-0.1, -0.05) is 212 Å². The normalized spacial score (nSPS) is 11.4. The molecular weight excluding hydrogens is 789 g/mol. The Hall–Kier alpha value is -8.73. The van der Waals surface area contributed by atoms with Crippen molar-refractivity contribution in [1.29, 1.82) is 0 Å². The molecule has 0 aliphatic heterocycles. The second kappa shape index (κ2) is 16.2. The van der Waals surface area contributed by atoms with Crippen LogP contribution < -0.4 is 0 Å². The first-order valence-corrected chi connectivity index (χ1v) is 22.0. The van der Waals surface area contributed by atoms with E-state index in [1.165, 1.54) is 33.0 Å². The van der Waals surface area contributed by atoms with Gasteiger partial charge in [0.25, 0.3) is 0 Å². The number of hydrogen-bond donors (Lipinski definition) is 0. The maximum absolute atomic E-state index is 5.36. The maximum atomic E-state index is 5.36. The first-order valence-electron chi connectivity index (χ1n) is 22.0. The molecule has 3 aromatic heterocycles. The zero-order chi connectivity index (χ0) is 43.1. The van der Waals surface area contributed by atoms with E-state index in [0.29, 0.717) is 5.82 Å². The van der Waals surface area contributed by atoms with Gasteiger partial charge in [-0.2, -0.15) is 0 Å². The van der Waals surface area contributed by atoms with Crippen molar-refractivity contribution in [2.45, 2.75) is 0 Å². The predicted octanol–water partition coefficient (Wildman–Crippen LogP) is 15.8. The number of nitrogens with zero attached hydrogens (tertiary/aromatic N) is 4. The van der Waals surface area contributed by atoms with Crippen molar-refractivity contribution >= 4 is 32.7 Å². The van der Waals surface area contributed by atoms with Crippen LogP contribution in [-0.2, 0) is 0 Å². The van der Waals surface area contributed by atoms with Gasteiger partial charge in [0.2, 0.25) is 0 Å². The molecular formula is C61H40N4. The number of fused-ring (bicyclic) bond motifs is 5. The van der Waals surface area contributed by atoms with E-state index < -0.39 is 0 Å². The Morgan fingerprint density at radius 3 is 1.23 bits per heavy atom. The summed E-state index contributed by atoms with van der Waals surface area (Å²) >= 11 is 0. The highest BCUT2D eigenvalue weighted by molar-refractivity contribution is 6.23. The van der Waals surface area contributed by atoms with E-state index in [4.69, 9.17) is 15.0 Å². The van der Waals surface area contributed by atoms with E-state index in [1.54, 1.807) is 0 Å². The molecule has 12 rings (SSSR count). The fraction of sp³-hybridized carbons (Fsp3) is 0. The van der Waals surface area contributed by atoms with Gasteiger partial charge in [-0.3, -0.25) is 0 Å². The van der Waals surface area contributed by atoms with Gasteiger partial charge >= 0.3 is 0 Å². The molecule has 0 saturated carbocycles. The molecule has 0 aliphatic carbocycles. The number of benzene rings is 9. The van der Waals surface area contributed by atoms with Crippen LogP contribution in [0.3, 0.4) is 0 Å². The minimum Gasteiger partial charge on any atom is -0.307 e. The monoisotopic (exact) mass is 828 g/mol. The van der Waals surface area contributed by atoms with E-state index >= 15 is 0 Å². The third-order valence-electron chi connectivity index (χ3n) is 12.5. The van der Waals surface area contributed by atoms with E-state index in [1.807, 2.05) is 12.1 Å². The average molecular weight is 829 g/mol. The minimum atomic E-state index is 0.680. The van der Waals surface area contributed by atoms with Crippen molar-refractivity contribution in [3.63, 3.8) is 0 Å². The van der Waals surface area contributed by atoms with Crippen molar-refractivity contribution in [1.82, 2.24) is 19.5 Å². The summed E-state index contributed by atoms with van der Waals surface area (Å²) in [6.07, 6.45) is 0. The predicted molar refractivity (Wildman–Crippen MR) is 270 cm³/mol. The van der Waals surface area contributed by atoms with Crippen molar-refractivity contribution in [3.8, 4) is 84.2 Å². The Balaban J connectivity index is 0.911. The average Bonchev–Trinajstić information content (AvgIpc) is 3.75. The van der Waals surface area contributed by atoms with Crippen LogP contribution in [0.15, 0.2) is 243 Å². The van der Waals surface area contributed by atoms with Gasteiger partial charge < -0.3 is 4.57 Å². The van der Waals surface area contributed by atoms with Crippen molar-refractivity contribution in [2.24, 2.45) is 0 Å². The number of rotatable bonds is 8. The van der Waals surface area contributed by atoms with Gasteiger partial charge in [-0.15, -0.1) is 0 Å². The molecule has 65 heavy (non-hydrogen) atoms. The SMILES string of the molecule is c1ccc(-c2ccc(-c3cc(-c4ccc(-c5ccccc5)cc4)nc(-c4ccc(-c5ccc(-c6nc7ccccc7c7c8ccccc8n(-c8ccccc8)c67)cc5)cc4)n3)cc2)cc1. The summed E-state index contributed by atoms with van der Waals surface area (Å²) in [5.74, 6) is 0.680. The molecule has 4 nitrogen and oxygen atoms in total. The fourth-order valence-corrected chi connectivity index (χ4v) is 9.17. The van der Waals surface area contributed by atoms with E-state index in [9.17, 15) is 0 Å². The maximum Gasteiger partial charge on any atom is 0.160 e. The third kappa shape index (κ3) is 7.04. The van der Waals surface area contributed by atoms with E-state index in [2.05, 4.69) is 235 Å². The smallest absolute Gasteiger partial charge is 0.160 e. The van der Waals surface area contributed by atoms with E-state index in [0.717, 1.165) is 78.1 Å². The quantitative estimate of drug-likeness (QED) is 0.153. The minimum absolute atomic E-state index is 0.680. The van der Waals surface area contributed by atoms with Crippen LogP contribution in [0.5, 0.6) is 0 Å². The lowest BCUT2D eigenvalue weighted by molar-refractivity contribution is 1.17. The molecule has 0 unspecified atom stereocenters. The fourth-order valence-electron chi connectivity index (χ4n) is 9.17. The highest BCUT2D eigenvalue weighted by atomic mass is 15.0. The molecule has 4 heteroatoms. The van der Waals surface area contributed by atoms with Gasteiger partial charge in [-0.05, 0) is 63.7 Å². The van der Waals surface area contributed by atoms with Gasteiger partial charge in [0, 0.05) is 44.1 Å². The molecule has 0 bridgehead atoms. The van der Waals surface area contributed by atoms with Crippen LogP contribution in [-0.4, -0.2) is 19.5 Å². The summed E-state index contributed by atoms with van der Waals surface area (Å²) in [5.41, 5.74) is 18.1. The Morgan fingerprint density at radius 1 is 0.292 bits per heavy atom. The summed E-state index contributed by atoms with van der Waals surface area (Å²) in [5, 5.41) is 3.58. The molecule has 0 amide bonds. The molecule has 0 fully saturated rings. The standard InChI is InChI=1S/C61H40N4/c1-4-14-41(15-5-1)43-24-32-47(33-25-43)55-40-56(48-34-26-44(27-35-48)42-16-6-2-7-17-42)64-61(63-55)50-38-30-46(31-39-50)45-28-36-49(37-29-45)59-60-58(52-20-10-12-22-54(52)62-59)53-21-11-13-23-57(53)65(60)51-18-8-3-9-19-51/h1-40H. The Bertz CT molecular complexity index is 3540. The van der Waals surface area contributed by atoms with Crippen LogP contribution >= 0.6 is 0 Å². The molecule has 0 atom stereocenters. The molecule has 0 radical (unpaired) electrons. The molecule has 9 aromatic carbocycles. The summed E-state index contributed by atoms with van der Waals surface area (Å²) in [7, 11) is 0. The number of para-hydroxylation sites is 3. The molecule has 0 saturated heterocycles. The lowest BCUT2D eigenvalue weighted by atomic mass is 9.99. The lowest BCUT2D eigenvalue weighted by Crippen LogP contribution is -1.97. The number of aromatic nitrogens is 4. The van der Waals surface area contributed by atoms with Crippen molar-refractivity contribution in [3.05, 3.63) is 243 Å². The zero-order valence-electron chi connectivity index (χ0n) is 35.4. The zero-order valence-corrected chi connectivity index (χ0v) is 35.4. The molecule has 0 spiro atoms. The number of hydrogen-bond acceptors (Lipinski definition) is 3. The molecule has 304 valence electrons.